The third-order valence-corrected chi connectivity index (χ3v) is 8.02. The van der Waals surface area contributed by atoms with Crippen LogP contribution in [0.2, 0.25) is 20.1 Å². The van der Waals surface area contributed by atoms with Crippen molar-refractivity contribution in [2.24, 2.45) is 0 Å². The molecule has 4 rings (SSSR count). The molecule has 200 valence electrons. The van der Waals surface area contributed by atoms with E-state index in [1.807, 2.05) is 66.4 Å². The zero-order valence-electron chi connectivity index (χ0n) is 20.7. The van der Waals surface area contributed by atoms with Crippen LogP contribution >= 0.6 is 58.0 Å². The maximum atomic E-state index is 12.9. The Bertz CT molecular complexity index is 1320. The Labute approximate surface area is 247 Å². The van der Waals surface area contributed by atoms with Crippen LogP contribution in [0.1, 0.15) is 29.7 Å². The highest BCUT2D eigenvalue weighted by atomic mass is 35.5. The summed E-state index contributed by atoms with van der Waals surface area (Å²) in [6.45, 7) is 4.37. The highest BCUT2D eigenvalue weighted by Gasteiger charge is 2.32. The molecular formula is C28H26Cl5N3O2. The van der Waals surface area contributed by atoms with Crippen LogP contribution in [0, 0.1) is 6.92 Å². The number of halogens is 5. The van der Waals surface area contributed by atoms with Crippen LogP contribution in [0.3, 0.4) is 0 Å². The molecular weight excluding hydrogens is 588 g/mol. The minimum atomic E-state index is -0.588. The lowest BCUT2D eigenvalue weighted by Gasteiger charge is -2.33. The fourth-order valence-electron chi connectivity index (χ4n) is 3.91. The number of nitrogens with one attached hydrogen (secondary N) is 1. The molecule has 0 saturated carbocycles. The molecule has 1 aliphatic heterocycles. The van der Waals surface area contributed by atoms with E-state index in [1.54, 1.807) is 30.3 Å². The molecule has 0 aromatic heterocycles. The lowest BCUT2D eigenvalue weighted by atomic mass is 10.1. The first kappa shape index (κ1) is 28.9. The number of carbonyl (C=O) groups excluding carboxylic acids is 1. The second-order valence-electron chi connectivity index (χ2n) is 8.99. The summed E-state index contributed by atoms with van der Waals surface area (Å²) in [6, 6.07) is 17.6. The van der Waals surface area contributed by atoms with Gasteiger partial charge in [0.2, 0.25) is 5.91 Å². The Hall–Kier alpha value is -2.12. The molecule has 1 amide bonds. The number of hydrogen-bond donors (Lipinski definition) is 1. The number of alkyl halides is 1. The molecule has 3 aromatic carbocycles. The van der Waals surface area contributed by atoms with Gasteiger partial charge in [0, 0.05) is 38.2 Å². The van der Waals surface area contributed by atoms with Gasteiger partial charge in [0.05, 0.1) is 13.3 Å². The van der Waals surface area contributed by atoms with Gasteiger partial charge in [-0.1, -0.05) is 82.3 Å². The second-order valence-corrected chi connectivity index (χ2v) is 11.1. The summed E-state index contributed by atoms with van der Waals surface area (Å²) in [4.78, 5) is 16.7. The molecule has 1 heterocycles. The Morgan fingerprint density at radius 3 is 2.29 bits per heavy atom. The zero-order valence-corrected chi connectivity index (χ0v) is 24.5. The van der Waals surface area contributed by atoms with E-state index in [9.17, 15) is 4.79 Å². The first-order chi connectivity index (χ1) is 18.1. The summed E-state index contributed by atoms with van der Waals surface area (Å²) >= 11 is 31.7. The van der Waals surface area contributed by atoms with Crippen molar-refractivity contribution >= 4 is 69.6 Å². The van der Waals surface area contributed by atoms with E-state index in [0.717, 1.165) is 16.7 Å². The standard InChI is InChI=1S/C28H26Cl5N3O2/c1-17-3-10-23(14-24(17)31)34-28(37)18(2)35-11-12-36(16-35)27(33)26(19-4-7-21(29)8-5-19)38-15-20-6-9-22(30)13-25(20)32/h3-14,18,26-27H,15-16H2,1-2H3,(H,34,37). The smallest absolute Gasteiger partial charge is 0.246 e. The van der Waals surface area contributed by atoms with Crippen LogP contribution in [0.4, 0.5) is 5.69 Å². The van der Waals surface area contributed by atoms with Crippen molar-refractivity contribution in [2.45, 2.75) is 38.1 Å². The van der Waals surface area contributed by atoms with Crippen molar-refractivity contribution in [3.63, 3.8) is 0 Å². The number of ether oxygens (including phenoxy) is 1. The molecule has 0 fully saturated rings. The van der Waals surface area contributed by atoms with Crippen LogP contribution in [-0.2, 0) is 16.1 Å². The fraction of sp³-hybridized carbons (Fsp3) is 0.250. The number of rotatable bonds is 9. The molecule has 3 atom stereocenters. The van der Waals surface area contributed by atoms with Gasteiger partial charge in [0.15, 0.2) is 0 Å². The van der Waals surface area contributed by atoms with Gasteiger partial charge in [-0.2, -0.15) is 0 Å². The predicted octanol–water partition coefficient (Wildman–Crippen LogP) is 8.50. The van der Waals surface area contributed by atoms with E-state index in [2.05, 4.69) is 5.32 Å². The van der Waals surface area contributed by atoms with Crippen molar-refractivity contribution < 1.29 is 9.53 Å². The lowest BCUT2D eigenvalue weighted by molar-refractivity contribution is -0.120. The number of nitrogens with zero attached hydrogens (tertiary/aromatic N) is 2. The molecule has 1 aliphatic rings. The van der Waals surface area contributed by atoms with Gasteiger partial charge in [-0.15, -0.1) is 0 Å². The van der Waals surface area contributed by atoms with Crippen molar-refractivity contribution in [2.75, 3.05) is 12.0 Å². The van der Waals surface area contributed by atoms with Gasteiger partial charge in [0.25, 0.3) is 0 Å². The molecule has 3 unspecified atom stereocenters. The van der Waals surface area contributed by atoms with Gasteiger partial charge in [-0.25, -0.2) is 0 Å². The highest BCUT2D eigenvalue weighted by molar-refractivity contribution is 6.35. The van der Waals surface area contributed by atoms with E-state index >= 15 is 0 Å². The molecule has 0 bridgehead atoms. The van der Waals surface area contributed by atoms with Crippen LogP contribution in [0.25, 0.3) is 0 Å². The van der Waals surface area contributed by atoms with Crippen molar-refractivity contribution in [1.29, 1.82) is 0 Å². The summed E-state index contributed by atoms with van der Waals surface area (Å²) < 4.78 is 6.30. The maximum Gasteiger partial charge on any atom is 0.246 e. The number of carbonyl (C=O) groups is 1. The van der Waals surface area contributed by atoms with Crippen molar-refractivity contribution in [3.05, 3.63) is 110 Å². The van der Waals surface area contributed by atoms with E-state index in [0.29, 0.717) is 32.4 Å². The molecule has 0 spiro atoms. The van der Waals surface area contributed by atoms with Crippen LogP contribution in [0.15, 0.2) is 73.1 Å². The maximum absolute atomic E-state index is 12.9. The molecule has 10 heteroatoms. The van der Waals surface area contributed by atoms with Gasteiger partial charge in [0.1, 0.15) is 17.6 Å². The van der Waals surface area contributed by atoms with Gasteiger partial charge >= 0.3 is 0 Å². The monoisotopic (exact) mass is 611 g/mol. The van der Waals surface area contributed by atoms with Crippen molar-refractivity contribution in [1.82, 2.24) is 9.80 Å². The molecule has 5 nitrogen and oxygen atoms in total. The molecule has 1 N–H and O–H groups in total. The van der Waals surface area contributed by atoms with Crippen LogP contribution < -0.4 is 5.32 Å². The third-order valence-electron chi connectivity index (χ3n) is 6.29. The Kier molecular flexibility index (Phi) is 9.74. The van der Waals surface area contributed by atoms with Gasteiger partial charge in [-0.3, -0.25) is 4.79 Å². The average Bonchev–Trinajstić information content (AvgIpc) is 3.38. The number of anilines is 1. The highest BCUT2D eigenvalue weighted by Crippen LogP contribution is 2.33. The first-order valence-corrected chi connectivity index (χ1v) is 13.8. The van der Waals surface area contributed by atoms with Gasteiger partial charge in [-0.05, 0) is 66.9 Å². The minimum absolute atomic E-state index is 0.162. The topological polar surface area (TPSA) is 44.8 Å². The summed E-state index contributed by atoms with van der Waals surface area (Å²) in [7, 11) is 0. The minimum Gasteiger partial charge on any atom is -0.365 e. The molecule has 3 aromatic rings. The number of hydrogen-bond acceptors (Lipinski definition) is 4. The number of amides is 1. The molecule has 0 aliphatic carbocycles. The fourth-order valence-corrected chi connectivity index (χ4v) is 5.03. The first-order valence-electron chi connectivity index (χ1n) is 11.8. The second kappa shape index (κ2) is 12.8. The zero-order chi connectivity index (χ0) is 27.4. The quantitative estimate of drug-likeness (QED) is 0.194. The summed E-state index contributed by atoms with van der Waals surface area (Å²) in [6.07, 6.45) is 3.17. The van der Waals surface area contributed by atoms with E-state index in [4.69, 9.17) is 62.7 Å². The van der Waals surface area contributed by atoms with Crippen LogP contribution in [-0.4, -0.2) is 33.9 Å². The van der Waals surface area contributed by atoms with Gasteiger partial charge < -0.3 is 19.9 Å². The Morgan fingerprint density at radius 2 is 1.61 bits per heavy atom. The van der Waals surface area contributed by atoms with E-state index in [-0.39, 0.29) is 12.5 Å². The number of benzene rings is 3. The summed E-state index contributed by atoms with van der Waals surface area (Å²) in [5, 5.41) is 5.20. The normalized spacial score (nSPS) is 15.4. The third kappa shape index (κ3) is 7.09. The Balaban J connectivity index is 1.44. The number of aryl methyl sites for hydroxylation is 1. The van der Waals surface area contributed by atoms with Crippen LogP contribution in [0.5, 0.6) is 0 Å². The molecule has 0 radical (unpaired) electrons. The largest absolute Gasteiger partial charge is 0.365 e. The van der Waals surface area contributed by atoms with E-state index < -0.39 is 17.6 Å². The molecule has 38 heavy (non-hydrogen) atoms. The Morgan fingerprint density at radius 1 is 0.921 bits per heavy atom. The predicted molar refractivity (Wildman–Crippen MR) is 157 cm³/mol. The SMILES string of the molecule is Cc1ccc(NC(=O)C(C)N2C=CN(C(Cl)C(OCc3ccc(Cl)cc3Cl)c3ccc(Cl)cc3)C2)cc1Cl. The summed E-state index contributed by atoms with van der Waals surface area (Å²) in [5.41, 5.74) is 2.64. The van der Waals surface area contributed by atoms with Crippen molar-refractivity contribution in [3.8, 4) is 0 Å². The average molecular weight is 614 g/mol. The molecule has 0 saturated heterocycles. The summed E-state index contributed by atoms with van der Waals surface area (Å²) in [5.74, 6) is -0.162. The van der Waals surface area contributed by atoms with E-state index in [1.165, 1.54) is 0 Å². The lowest BCUT2D eigenvalue weighted by Crippen LogP contribution is -2.42.